The highest BCUT2D eigenvalue weighted by Crippen LogP contribution is 2.37. The van der Waals surface area contributed by atoms with Crippen molar-refractivity contribution >= 4 is 6.09 Å². The molecule has 0 spiro atoms. The molecule has 4 atom stereocenters. The van der Waals surface area contributed by atoms with Crippen LogP contribution in [0.15, 0.2) is 18.3 Å². The zero-order valence-electron chi connectivity index (χ0n) is 11.9. The Kier molecular flexibility index (Phi) is 3.69. The number of piperidine rings is 1. The van der Waals surface area contributed by atoms with Crippen molar-refractivity contribution in [3.05, 3.63) is 23.9 Å². The van der Waals surface area contributed by atoms with Gasteiger partial charge in [-0.25, -0.2) is 14.2 Å². The highest BCUT2D eigenvalue weighted by molar-refractivity contribution is 5.66. The van der Waals surface area contributed by atoms with Gasteiger partial charge in [-0.15, -0.1) is 0 Å². The van der Waals surface area contributed by atoms with E-state index in [1.54, 1.807) is 23.2 Å². The summed E-state index contributed by atoms with van der Waals surface area (Å²) in [6, 6.07) is 3.33. The van der Waals surface area contributed by atoms with Crippen molar-refractivity contribution in [3.63, 3.8) is 0 Å². The third kappa shape index (κ3) is 2.80. The van der Waals surface area contributed by atoms with Crippen LogP contribution in [-0.2, 0) is 0 Å². The molecule has 5 nitrogen and oxygen atoms in total. The van der Waals surface area contributed by atoms with Gasteiger partial charge in [0.2, 0.25) is 5.88 Å². The Labute approximate surface area is 122 Å². The van der Waals surface area contributed by atoms with Gasteiger partial charge >= 0.3 is 6.09 Å². The quantitative estimate of drug-likeness (QED) is 0.930. The molecule has 0 saturated carbocycles. The molecule has 3 heterocycles. The molecule has 0 radical (unpaired) electrons. The van der Waals surface area contributed by atoms with E-state index in [0.29, 0.717) is 24.3 Å². The maximum Gasteiger partial charge on any atom is 0.407 e. The van der Waals surface area contributed by atoms with Crippen LogP contribution in [0.3, 0.4) is 0 Å². The van der Waals surface area contributed by atoms with Crippen molar-refractivity contribution in [3.8, 4) is 5.88 Å². The molecule has 21 heavy (non-hydrogen) atoms. The standard InChI is InChI=1S/C15H19FN2O3/c1-9(16)10-4-5-17-14(6-10)21-13-7-11-2-3-12(8-13)18(11)15(19)20/h4-6,9,11-13H,2-3,7-8H2,1H3,(H,19,20)/t9?,11-,12+,13?. The third-order valence-corrected chi connectivity index (χ3v) is 4.42. The largest absolute Gasteiger partial charge is 0.474 e. The Bertz CT molecular complexity index is 523. The topological polar surface area (TPSA) is 62.7 Å². The number of hydrogen-bond donors (Lipinski definition) is 1. The van der Waals surface area contributed by atoms with Gasteiger partial charge in [0, 0.05) is 37.2 Å². The minimum Gasteiger partial charge on any atom is -0.474 e. The first-order valence-electron chi connectivity index (χ1n) is 7.32. The smallest absolute Gasteiger partial charge is 0.407 e. The fourth-order valence-corrected chi connectivity index (χ4v) is 3.44. The van der Waals surface area contributed by atoms with Crippen LogP contribution in [0.1, 0.15) is 44.3 Å². The molecule has 3 rings (SSSR count). The van der Waals surface area contributed by atoms with Gasteiger partial charge in [0.05, 0.1) is 0 Å². The van der Waals surface area contributed by atoms with E-state index in [9.17, 15) is 14.3 Å². The fraction of sp³-hybridized carbons (Fsp3) is 0.600. The number of alkyl halides is 1. The number of hydrogen-bond acceptors (Lipinski definition) is 3. The molecule has 2 fully saturated rings. The first-order valence-corrected chi connectivity index (χ1v) is 7.32. The lowest BCUT2D eigenvalue weighted by Crippen LogP contribution is -2.48. The molecule has 0 aliphatic carbocycles. The maximum atomic E-state index is 13.3. The van der Waals surface area contributed by atoms with Crippen LogP contribution in [0.5, 0.6) is 5.88 Å². The summed E-state index contributed by atoms with van der Waals surface area (Å²) in [5, 5.41) is 9.22. The first-order chi connectivity index (χ1) is 10.0. The molecule has 1 aromatic heterocycles. The molecule has 1 amide bonds. The van der Waals surface area contributed by atoms with Crippen molar-refractivity contribution in [2.24, 2.45) is 0 Å². The summed E-state index contributed by atoms with van der Waals surface area (Å²) in [6.07, 6.45) is 2.75. The normalized spacial score (nSPS) is 29.2. The van der Waals surface area contributed by atoms with Gasteiger partial charge in [-0.3, -0.25) is 0 Å². The van der Waals surface area contributed by atoms with E-state index in [4.69, 9.17) is 4.74 Å². The summed E-state index contributed by atoms with van der Waals surface area (Å²) in [5.41, 5.74) is 0.547. The zero-order chi connectivity index (χ0) is 15.0. The Balaban J connectivity index is 1.68. The van der Waals surface area contributed by atoms with Gasteiger partial charge in [0.1, 0.15) is 12.3 Å². The van der Waals surface area contributed by atoms with E-state index in [1.165, 1.54) is 6.92 Å². The molecule has 2 saturated heterocycles. The number of halogens is 1. The van der Waals surface area contributed by atoms with E-state index >= 15 is 0 Å². The molecule has 2 aliphatic rings. The molecular formula is C15H19FN2O3. The number of rotatable bonds is 3. The van der Waals surface area contributed by atoms with E-state index in [-0.39, 0.29) is 18.2 Å². The number of nitrogens with zero attached hydrogens (tertiary/aromatic N) is 2. The second-order valence-corrected chi connectivity index (χ2v) is 5.83. The van der Waals surface area contributed by atoms with E-state index < -0.39 is 12.3 Å². The summed E-state index contributed by atoms with van der Waals surface area (Å²) < 4.78 is 19.2. The number of carbonyl (C=O) groups is 1. The summed E-state index contributed by atoms with van der Waals surface area (Å²) >= 11 is 0. The number of fused-ring (bicyclic) bond motifs is 2. The molecule has 0 aromatic carbocycles. The van der Waals surface area contributed by atoms with E-state index in [0.717, 1.165) is 12.8 Å². The molecular weight excluding hydrogens is 275 g/mol. The van der Waals surface area contributed by atoms with Crippen LogP contribution in [0.25, 0.3) is 0 Å². The van der Waals surface area contributed by atoms with Gasteiger partial charge in [0.15, 0.2) is 0 Å². The van der Waals surface area contributed by atoms with Crippen LogP contribution < -0.4 is 4.74 Å². The van der Waals surface area contributed by atoms with Gasteiger partial charge in [-0.2, -0.15) is 0 Å². The first kappa shape index (κ1) is 14.1. The highest BCUT2D eigenvalue weighted by Gasteiger charge is 2.44. The van der Waals surface area contributed by atoms with Gasteiger partial charge in [-0.05, 0) is 31.4 Å². The Morgan fingerprint density at radius 2 is 2.14 bits per heavy atom. The number of ether oxygens (including phenoxy) is 1. The van der Waals surface area contributed by atoms with E-state index in [1.807, 2.05) is 0 Å². The molecule has 2 unspecified atom stereocenters. The zero-order valence-corrected chi connectivity index (χ0v) is 11.9. The summed E-state index contributed by atoms with van der Waals surface area (Å²) in [4.78, 5) is 16.9. The number of carboxylic acid groups (broad SMARTS) is 1. The van der Waals surface area contributed by atoms with Gasteiger partial charge in [-0.1, -0.05) is 0 Å². The monoisotopic (exact) mass is 294 g/mol. The minimum absolute atomic E-state index is 0.0366. The maximum absolute atomic E-state index is 13.3. The second kappa shape index (κ2) is 5.50. The number of amides is 1. The van der Waals surface area contributed by atoms with Crippen molar-refractivity contribution in [2.45, 2.75) is 57.0 Å². The Hall–Kier alpha value is -1.85. The Morgan fingerprint density at radius 1 is 1.48 bits per heavy atom. The van der Waals surface area contributed by atoms with Crippen molar-refractivity contribution in [2.75, 3.05) is 0 Å². The average Bonchev–Trinajstić information content (AvgIpc) is 2.71. The number of aromatic nitrogens is 1. The Morgan fingerprint density at radius 3 is 2.71 bits per heavy atom. The van der Waals surface area contributed by atoms with Crippen molar-refractivity contribution in [1.29, 1.82) is 0 Å². The predicted octanol–water partition coefficient (Wildman–Crippen LogP) is 3.16. The van der Waals surface area contributed by atoms with Gasteiger partial charge < -0.3 is 14.7 Å². The van der Waals surface area contributed by atoms with Crippen molar-refractivity contribution in [1.82, 2.24) is 9.88 Å². The lowest BCUT2D eigenvalue weighted by Gasteiger charge is -2.36. The molecule has 2 aliphatic heterocycles. The SMILES string of the molecule is CC(F)c1ccnc(OC2C[C@H]3CC[C@@H](C2)N3C(=O)O)c1. The molecule has 1 N–H and O–H groups in total. The average molecular weight is 294 g/mol. The summed E-state index contributed by atoms with van der Waals surface area (Å²) in [7, 11) is 0. The van der Waals surface area contributed by atoms with Crippen LogP contribution in [0.4, 0.5) is 9.18 Å². The fourth-order valence-electron chi connectivity index (χ4n) is 3.44. The molecule has 6 heteroatoms. The van der Waals surface area contributed by atoms with Crippen LogP contribution in [0.2, 0.25) is 0 Å². The van der Waals surface area contributed by atoms with Crippen LogP contribution in [-0.4, -0.2) is 39.3 Å². The predicted molar refractivity (Wildman–Crippen MR) is 74.1 cm³/mol. The highest BCUT2D eigenvalue weighted by atomic mass is 19.1. The molecule has 1 aromatic rings. The van der Waals surface area contributed by atoms with Crippen LogP contribution >= 0.6 is 0 Å². The van der Waals surface area contributed by atoms with Crippen molar-refractivity contribution < 1.29 is 19.0 Å². The second-order valence-electron chi connectivity index (χ2n) is 5.83. The summed E-state index contributed by atoms with van der Waals surface area (Å²) in [5.74, 6) is 0.421. The third-order valence-electron chi connectivity index (χ3n) is 4.42. The molecule has 114 valence electrons. The molecule has 2 bridgehead atoms. The van der Waals surface area contributed by atoms with E-state index in [2.05, 4.69) is 4.98 Å². The lowest BCUT2D eigenvalue weighted by molar-refractivity contribution is 0.0476. The minimum atomic E-state index is -1.06. The summed E-state index contributed by atoms with van der Waals surface area (Å²) in [6.45, 7) is 1.48. The van der Waals surface area contributed by atoms with Gasteiger partial charge in [0.25, 0.3) is 0 Å². The lowest BCUT2D eigenvalue weighted by atomic mass is 10.0. The number of pyridine rings is 1. The van der Waals surface area contributed by atoms with Crippen LogP contribution in [0, 0.1) is 0 Å².